The Kier molecular flexibility index (Phi) is 5.01. The van der Waals surface area contributed by atoms with Crippen LogP contribution in [-0.4, -0.2) is 29.5 Å². The van der Waals surface area contributed by atoms with E-state index in [-0.39, 0.29) is 5.82 Å². The normalized spacial score (nSPS) is 16.6. The third kappa shape index (κ3) is 4.28. The number of benzene rings is 1. The van der Waals surface area contributed by atoms with Crippen LogP contribution in [0.1, 0.15) is 18.4 Å². The van der Waals surface area contributed by atoms with Crippen molar-refractivity contribution in [1.82, 2.24) is 9.88 Å². The molecule has 1 aromatic carbocycles. The Balaban J connectivity index is 1.41. The van der Waals surface area contributed by atoms with E-state index in [2.05, 4.69) is 45.5 Å². The third-order valence-electron chi connectivity index (χ3n) is 4.26. The van der Waals surface area contributed by atoms with Gasteiger partial charge in [-0.15, -0.1) is 0 Å². The summed E-state index contributed by atoms with van der Waals surface area (Å²) in [6, 6.07) is 13.8. The summed E-state index contributed by atoms with van der Waals surface area (Å²) in [7, 11) is 0. The monoisotopic (exact) mass is 299 g/mol. The smallest absolute Gasteiger partial charge is 0.141 e. The average Bonchev–Trinajstić information content (AvgIpc) is 2.57. The number of anilines is 1. The summed E-state index contributed by atoms with van der Waals surface area (Å²) in [5.41, 5.74) is 1.38. The molecule has 1 fully saturated rings. The van der Waals surface area contributed by atoms with Crippen LogP contribution in [0.5, 0.6) is 0 Å². The zero-order valence-electron chi connectivity index (χ0n) is 12.7. The first-order valence-corrected chi connectivity index (χ1v) is 7.91. The predicted molar refractivity (Wildman–Crippen MR) is 87.1 cm³/mol. The zero-order valence-corrected chi connectivity index (χ0v) is 12.7. The minimum Gasteiger partial charge on any atom is -0.370 e. The average molecular weight is 299 g/mol. The van der Waals surface area contributed by atoms with Crippen LogP contribution in [0.2, 0.25) is 0 Å². The minimum absolute atomic E-state index is 0.292. The van der Waals surface area contributed by atoms with Crippen molar-refractivity contribution in [1.29, 1.82) is 0 Å². The van der Waals surface area contributed by atoms with Crippen molar-refractivity contribution >= 4 is 5.82 Å². The molecule has 3 nitrogen and oxygen atoms in total. The Morgan fingerprint density at radius 2 is 1.86 bits per heavy atom. The van der Waals surface area contributed by atoms with E-state index < -0.39 is 0 Å². The third-order valence-corrected chi connectivity index (χ3v) is 4.26. The van der Waals surface area contributed by atoms with Crippen molar-refractivity contribution in [3.05, 3.63) is 60.0 Å². The molecule has 1 N–H and O–H groups in total. The summed E-state index contributed by atoms with van der Waals surface area (Å²) >= 11 is 0. The number of hydrogen-bond acceptors (Lipinski definition) is 3. The molecular weight excluding hydrogens is 277 g/mol. The van der Waals surface area contributed by atoms with Gasteiger partial charge in [-0.3, -0.25) is 4.90 Å². The van der Waals surface area contributed by atoms with Crippen molar-refractivity contribution < 1.29 is 4.39 Å². The molecule has 1 aliphatic heterocycles. The highest BCUT2D eigenvalue weighted by Gasteiger charge is 2.19. The first-order valence-electron chi connectivity index (χ1n) is 7.91. The predicted octanol–water partition coefficient (Wildman–Crippen LogP) is 3.54. The molecule has 2 heterocycles. The molecule has 0 spiro atoms. The van der Waals surface area contributed by atoms with Crippen LogP contribution in [-0.2, 0) is 6.54 Å². The number of nitrogens with one attached hydrogen (secondary N) is 1. The summed E-state index contributed by atoms with van der Waals surface area (Å²) in [6.07, 6.45) is 3.65. The molecular formula is C18H22FN3. The van der Waals surface area contributed by atoms with E-state index in [9.17, 15) is 4.39 Å². The molecule has 1 aliphatic rings. The molecule has 116 valence electrons. The van der Waals surface area contributed by atoms with Gasteiger partial charge in [0, 0.05) is 13.1 Å². The second kappa shape index (κ2) is 7.36. The van der Waals surface area contributed by atoms with Gasteiger partial charge in [0.1, 0.15) is 11.6 Å². The highest BCUT2D eigenvalue weighted by atomic mass is 19.1. The summed E-state index contributed by atoms with van der Waals surface area (Å²) in [5, 5.41) is 3.31. The fourth-order valence-electron chi connectivity index (χ4n) is 2.92. The van der Waals surface area contributed by atoms with E-state index in [1.807, 2.05) is 0 Å². The number of hydrogen-bond donors (Lipinski definition) is 1. The lowest BCUT2D eigenvalue weighted by Gasteiger charge is -2.32. The van der Waals surface area contributed by atoms with E-state index in [1.165, 1.54) is 30.7 Å². The summed E-state index contributed by atoms with van der Waals surface area (Å²) < 4.78 is 12.8. The van der Waals surface area contributed by atoms with Crippen LogP contribution < -0.4 is 5.32 Å². The van der Waals surface area contributed by atoms with Crippen molar-refractivity contribution in [2.24, 2.45) is 5.92 Å². The van der Waals surface area contributed by atoms with Crippen LogP contribution in [0.25, 0.3) is 0 Å². The van der Waals surface area contributed by atoms with Crippen molar-refractivity contribution in [2.45, 2.75) is 19.4 Å². The number of pyridine rings is 1. The second-order valence-corrected chi connectivity index (χ2v) is 5.95. The van der Waals surface area contributed by atoms with Crippen molar-refractivity contribution in [3.8, 4) is 0 Å². The van der Waals surface area contributed by atoms with Crippen molar-refractivity contribution in [2.75, 3.05) is 25.0 Å². The number of rotatable bonds is 5. The first-order chi connectivity index (χ1) is 10.8. The fraction of sp³-hybridized carbons (Fsp3) is 0.389. The topological polar surface area (TPSA) is 28.2 Å². The maximum absolute atomic E-state index is 12.8. The molecule has 0 bridgehead atoms. The largest absolute Gasteiger partial charge is 0.370 e. The summed E-state index contributed by atoms with van der Waals surface area (Å²) in [5.74, 6) is 1.13. The lowest BCUT2D eigenvalue weighted by atomic mass is 9.96. The highest BCUT2D eigenvalue weighted by molar-refractivity contribution is 5.33. The van der Waals surface area contributed by atoms with Crippen LogP contribution >= 0.6 is 0 Å². The molecule has 0 aliphatic carbocycles. The second-order valence-electron chi connectivity index (χ2n) is 5.95. The van der Waals surface area contributed by atoms with E-state index >= 15 is 0 Å². The molecule has 0 unspecified atom stereocenters. The van der Waals surface area contributed by atoms with Gasteiger partial charge in [-0.25, -0.2) is 9.37 Å². The molecule has 0 radical (unpaired) electrons. The zero-order chi connectivity index (χ0) is 15.2. The molecule has 22 heavy (non-hydrogen) atoms. The van der Waals surface area contributed by atoms with Crippen LogP contribution in [0.4, 0.5) is 10.2 Å². The molecule has 3 rings (SSSR count). The first kappa shape index (κ1) is 15.0. The standard InChI is InChI=1S/C18H22FN3/c19-17-6-7-18(21-13-17)20-12-15-8-10-22(11-9-15)14-16-4-2-1-3-5-16/h1-7,13,15H,8-12,14H2,(H,20,21). The molecule has 4 heteroatoms. The number of likely N-dealkylation sites (tertiary alicyclic amines) is 1. The van der Waals surface area contributed by atoms with E-state index in [4.69, 9.17) is 0 Å². The Hall–Kier alpha value is -1.94. The van der Waals surface area contributed by atoms with Crippen LogP contribution in [0, 0.1) is 11.7 Å². The van der Waals surface area contributed by atoms with Gasteiger partial charge >= 0.3 is 0 Å². The van der Waals surface area contributed by atoms with E-state index in [0.717, 1.165) is 32.0 Å². The van der Waals surface area contributed by atoms with Crippen LogP contribution in [0.15, 0.2) is 48.7 Å². The lowest BCUT2D eigenvalue weighted by molar-refractivity contribution is 0.182. The number of halogens is 1. The van der Waals surface area contributed by atoms with Gasteiger partial charge in [-0.1, -0.05) is 30.3 Å². The van der Waals surface area contributed by atoms with Gasteiger partial charge in [0.25, 0.3) is 0 Å². The van der Waals surface area contributed by atoms with Gasteiger partial charge in [0.15, 0.2) is 0 Å². The van der Waals surface area contributed by atoms with Gasteiger partial charge in [-0.05, 0) is 49.5 Å². The molecule has 1 aromatic heterocycles. The van der Waals surface area contributed by atoms with Gasteiger partial charge in [-0.2, -0.15) is 0 Å². The molecule has 1 saturated heterocycles. The summed E-state index contributed by atoms with van der Waals surface area (Å²) in [6.45, 7) is 4.23. The van der Waals surface area contributed by atoms with Crippen molar-refractivity contribution in [3.63, 3.8) is 0 Å². The van der Waals surface area contributed by atoms with E-state index in [0.29, 0.717) is 5.92 Å². The number of aromatic nitrogens is 1. The SMILES string of the molecule is Fc1ccc(NCC2CCN(Cc3ccccc3)CC2)nc1. The fourth-order valence-corrected chi connectivity index (χ4v) is 2.92. The molecule has 0 atom stereocenters. The van der Waals surface area contributed by atoms with Gasteiger partial charge in [0.2, 0.25) is 0 Å². The van der Waals surface area contributed by atoms with Gasteiger partial charge in [0.05, 0.1) is 6.20 Å². The number of piperidine rings is 1. The molecule has 0 amide bonds. The Morgan fingerprint density at radius 3 is 2.55 bits per heavy atom. The maximum atomic E-state index is 12.8. The van der Waals surface area contributed by atoms with E-state index in [1.54, 1.807) is 6.07 Å². The molecule has 0 saturated carbocycles. The Bertz CT molecular complexity index is 563. The Labute approximate surface area is 131 Å². The highest BCUT2D eigenvalue weighted by Crippen LogP contribution is 2.19. The quantitative estimate of drug-likeness (QED) is 0.915. The maximum Gasteiger partial charge on any atom is 0.141 e. The van der Waals surface area contributed by atoms with Gasteiger partial charge < -0.3 is 5.32 Å². The molecule has 2 aromatic rings. The minimum atomic E-state index is -0.292. The Morgan fingerprint density at radius 1 is 1.09 bits per heavy atom. The summed E-state index contributed by atoms with van der Waals surface area (Å²) in [4.78, 5) is 6.55. The lowest BCUT2D eigenvalue weighted by Crippen LogP contribution is -2.35. The number of nitrogens with zero attached hydrogens (tertiary/aromatic N) is 2. The van der Waals surface area contributed by atoms with Crippen LogP contribution in [0.3, 0.4) is 0 Å².